The van der Waals surface area contributed by atoms with Crippen LogP contribution in [0.2, 0.25) is 0 Å². The molecule has 3 rings (SSSR count). The van der Waals surface area contributed by atoms with Gasteiger partial charge < -0.3 is 20.4 Å². The van der Waals surface area contributed by atoms with Crippen molar-refractivity contribution >= 4 is 22.8 Å². The van der Waals surface area contributed by atoms with Crippen molar-refractivity contribution in [3.8, 4) is 0 Å². The molecule has 1 aromatic carbocycles. The van der Waals surface area contributed by atoms with Crippen LogP contribution in [0.15, 0.2) is 27.4 Å². The molecule has 0 saturated heterocycles. The summed E-state index contributed by atoms with van der Waals surface area (Å²) in [4.78, 5) is 23.4. The fraction of sp³-hybridized carbons (Fsp3) is 0.556. The third-order valence-electron chi connectivity index (χ3n) is 4.73. The van der Waals surface area contributed by atoms with Crippen LogP contribution in [0.1, 0.15) is 38.5 Å². The van der Waals surface area contributed by atoms with Crippen LogP contribution < -0.4 is 21.7 Å². The van der Waals surface area contributed by atoms with Crippen LogP contribution in [-0.4, -0.2) is 29.7 Å². The van der Waals surface area contributed by atoms with Gasteiger partial charge in [0.25, 0.3) is 0 Å². The number of urea groups is 1. The lowest BCUT2D eigenvalue weighted by atomic mass is 9.95. The first-order valence-electron chi connectivity index (χ1n) is 9.01. The van der Waals surface area contributed by atoms with Crippen molar-refractivity contribution in [1.82, 2.24) is 15.2 Å². The Hall–Kier alpha value is -2.28. The van der Waals surface area contributed by atoms with Gasteiger partial charge in [0.1, 0.15) is 0 Å². The highest BCUT2D eigenvalue weighted by Crippen LogP contribution is 2.18. The predicted octanol–water partition coefficient (Wildman–Crippen LogP) is 2.57. The van der Waals surface area contributed by atoms with Gasteiger partial charge in [0.15, 0.2) is 5.58 Å². The molecule has 3 N–H and O–H groups in total. The molecule has 2 amide bonds. The van der Waals surface area contributed by atoms with E-state index in [0.29, 0.717) is 29.4 Å². The maximum Gasteiger partial charge on any atom is 0.419 e. The highest BCUT2D eigenvalue weighted by molar-refractivity contribution is 5.91. The molecule has 136 valence electrons. The summed E-state index contributed by atoms with van der Waals surface area (Å²) in [6.45, 7) is 1.54. The SMILES string of the molecule is Cn1c(=O)oc2cc(NC(=O)NCCCNC3CCCCC3)ccc21. The van der Waals surface area contributed by atoms with Crippen LogP contribution in [0, 0.1) is 0 Å². The van der Waals surface area contributed by atoms with E-state index in [4.69, 9.17) is 4.42 Å². The number of oxazole rings is 1. The second-order valence-electron chi connectivity index (χ2n) is 6.63. The van der Waals surface area contributed by atoms with E-state index in [1.807, 2.05) is 0 Å². The highest BCUT2D eigenvalue weighted by Gasteiger charge is 2.12. The second kappa shape index (κ2) is 8.20. The number of carbonyl (C=O) groups is 1. The van der Waals surface area contributed by atoms with E-state index in [1.165, 1.54) is 36.7 Å². The summed E-state index contributed by atoms with van der Waals surface area (Å²) in [5, 5.41) is 9.16. The van der Waals surface area contributed by atoms with E-state index in [9.17, 15) is 9.59 Å². The van der Waals surface area contributed by atoms with Crippen molar-refractivity contribution in [3.63, 3.8) is 0 Å². The third kappa shape index (κ3) is 4.63. The molecule has 2 aromatic rings. The van der Waals surface area contributed by atoms with Crippen LogP contribution in [0.4, 0.5) is 10.5 Å². The van der Waals surface area contributed by atoms with Gasteiger partial charge in [-0.2, -0.15) is 0 Å². The van der Waals surface area contributed by atoms with Gasteiger partial charge in [-0.25, -0.2) is 9.59 Å². The van der Waals surface area contributed by atoms with Gasteiger partial charge in [-0.05, 0) is 37.9 Å². The van der Waals surface area contributed by atoms with Gasteiger partial charge in [0.2, 0.25) is 0 Å². The van der Waals surface area contributed by atoms with E-state index in [0.717, 1.165) is 13.0 Å². The molecule has 7 heteroatoms. The van der Waals surface area contributed by atoms with Crippen molar-refractivity contribution in [2.75, 3.05) is 18.4 Å². The Bertz CT molecular complexity index is 774. The number of nitrogens with zero attached hydrogens (tertiary/aromatic N) is 1. The Morgan fingerprint density at radius 1 is 1.24 bits per heavy atom. The molecule has 0 atom stereocenters. The molecule has 0 spiro atoms. The molecule has 1 saturated carbocycles. The number of rotatable bonds is 6. The number of fused-ring (bicyclic) bond motifs is 1. The first-order chi connectivity index (χ1) is 12.1. The number of aryl methyl sites for hydroxylation is 1. The summed E-state index contributed by atoms with van der Waals surface area (Å²) in [5.74, 6) is -0.415. The largest absolute Gasteiger partial charge is 0.419 e. The number of amides is 2. The summed E-state index contributed by atoms with van der Waals surface area (Å²) in [6.07, 6.45) is 7.45. The van der Waals surface area contributed by atoms with Gasteiger partial charge in [0.05, 0.1) is 5.52 Å². The van der Waals surface area contributed by atoms with E-state index in [-0.39, 0.29) is 6.03 Å². The molecule has 1 aliphatic carbocycles. The zero-order valence-electron chi connectivity index (χ0n) is 14.6. The Balaban J connectivity index is 1.39. The van der Waals surface area contributed by atoms with E-state index in [2.05, 4.69) is 16.0 Å². The van der Waals surface area contributed by atoms with Crippen molar-refractivity contribution in [3.05, 3.63) is 28.7 Å². The summed E-state index contributed by atoms with van der Waals surface area (Å²) in [6, 6.07) is 5.55. The van der Waals surface area contributed by atoms with Crippen molar-refractivity contribution in [2.24, 2.45) is 7.05 Å². The lowest BCUT2D eigenvalue weighted by Gasteiger charge is -2.22. The zero-order chi connectivity index (χ0) is 17.6. The number of aromatic nitrogens is 1. The van der Waals surface area contributed by atoms with E-state index < -0.39 is 5.76 Å². The molecular weight excluding hydrogens is 320 g/mol. The molecule has 7 nitrogen and oxygen atoms in total. The first-order valence-corrected chi connectivity index (χ1v) is 9.01. The topological polar surface area (TPSA) is 88.3 Å². The fourth-order valence-corrected chi connectivity index (χ4v) is 3.29. The fourth-order valence-electron chi connectivity index (χ4n) is 3.29. The van der Waals surface area contributed by atoms with Crippen LogP contribution in [0.3, 0.4) is 0 Å². The Morgan fingerprint density at radius 2 is 2.04 bits per heavy atom. The monoisotopic (exact) mass is 346 g/mol. The minimum Gasteiger partial charge on any atom is -0.408 e. The molecule has 1 heterocycles. The number of anilines is 1. The molecule has 1 aliphatic rings. The molecule has 25 heavy (non-hydrogen) atoms. The zero-order valence-corrected chi connectivity index (χ0v) is 14.6. The number of nitrogens with one attached hydrogen (secondary N) is 3. The minimum atomic E-state index is -0.415. The molecule has 0 bridgehead atoms. The van der Waals surface area contributed by atoms with Crippen LogP contribution in [0.25, 0.3) is 11.1 Å². The molecule has 1 fully saturated rings. The van der Waals surface area contributed by atoms with Crippen molar-refractivity contribution in [2.45, 2.75) is 44.6 Å². The average molecular weight is 346 g/mol. The number of carbonyl (C=O) groups excluding carboxylic acids is 1. The molecule has 0 aliphatic heterocycles. The molecule has 0 unspecified atom stereocenters. The van der Waals surface area contributed by atoms with Gasteiger partial charge in [-0.15, -0.1) is 0 Å². The van der Waals surface area contributed by atoms with Crippen LogP contribution in [-0.2, 0) is 7.05 Å². The molecule has 1 aromatic heterocycles. The predicted molar refractivity (Wildman–Crippen MR) is 98.0 cm³/mol. The lowest BCUT2D eigenvalue weighted by Crippen LogP contribution is -2.35. The van der Waals surface area contributed by atoms with Gasteiger partial charge in [0, 0.05) is 31.4 Å². The first kappa shape index (κ1) is 17.5. The van der Waals surface area contributed by atoms with Crippen LogP contribution in [0.5, 0.6) is 0 Å². The highest BCUT2D eigenvalue weighted by atomic mass is 16.4. The van der Waals surface area contributed by atoms with E-state index >= 15 is 0 Å². The Kier molecular flexibility index (Phi) is 5.75. The summed E-state index contributed by atoms with van der Waals surface area (Å²) in [5.41, 5.74) is 1.76. The Labute approximate surface area is 146 Å². The van der Waals surface area contributed by atoms with E-state index in [1.54, 1.807) is 25.2 Å². The second-order valence-corrected chi connectivity index (χ2v) is 6.63. The van der Waals surface area contributed by atoms with Gasteiger partial charge in [-0.3, -0.25) is 4.57 Å². The van der Waals surface area contributed by atoms with Gasteiger partial charge in [-0.1, -0.05) is 19.3 Å². The third-order valence-corrected chi connectivity index (χ3v) is 4.73. The van der Waals surface area contributed by atoms with Crippen molar-refractivity contribution < 1.29 is 9.21 Å². The molecule has 0 radical (unpaired) electrons. The minimum absolute atomic E-state index is 0.254. The molecular formula is C18H26N4O3. The summed E-state index contributed by atoms with van der Waals surface area (Å²) in [7, 11) is 1.65. The quantitative estimate of drug-likeness (QED) is 0.702. The average Bonchev–Trinajstić information content (AvgIpc) is 2.89. The summed E-state index contributed by atoms with van der Waals surface area (Å²) < 4.78 is 6.55. The van der Waals surface area contributed by atoms with Gasteiger partial charge >= 0.3 is 11.8 Å². The Morgan fingerprint density at radius 3 is 2.84 bits per heavy atom. The normalized spacial score (nSPS) is 15.4. The number of hydrogen-bond acceptors (Lipinski definition) is 4. The standard InChI is InChI=1S/C18H26N4O3/c1-22-15-9-8-14(12-16(15)25-18(22)24)21-17(23)20-11-5-10-19-13-6-3-2-4-7-13/h8-9,12-13,19H,2-7,10-11H2,1H3,(H2,20,21,23). The smallest absolute Gasteiger partial charge is 0.408 e. The number of hydrogen-bond donors (Lipinski definition) is 3. The maximum atomic E-state index is 11.9. The maximum absolute atomic E-state index is 11.9. The summed E-state index contributed by atoms with van der Waals surface area (Å²) >= 11 is 0. The number of benzene rings is 1. The van der Waals surface area contributed by atoms with Crippen LogP contribution >= 0.6 is 0 Å². The lowest BCUT2D eigenvalue weighted by molar-refractivity contribution is 0.252. The van der Waals surface area contributed by atoms with Crippen molar-refractivity contribution in [1.29, 1.82) is 0 Å².